The van der Waals surface area contributed by atoms with Crippen molar-refractivity contribution in [2.45, 2.75) is 52.2 Å². The number of nitrogens with one attached hydrogen (secondary N) is 1. The van der Waals surface area contributed by atoms with E-state index in [1.54, 1.807) is 7.11 Å². The highest BCUT2D eigenvalue weighted by atomic mass is 16.5. The molecule has 0 saturated heterocycles. The van der Waals surface area contributed by atoms with Crippen LogP contribution in [0.2, 0.25) is 0 Å². The molecule has 0 aliphatic heterocycles. The monoisotopic (exact) mass is 214 g/mol. The molecule has 0 heterocycles. The Bertz CT molecular complexity index is 176. The summed E-state index contributed by atoms with van der Waals surface area (Å²) in [4.78, 5) is 0. The molecule has 3 N–H and O–H groups in total. The molecule has 0 aromatic carbocycles. The van der Waals surface area contributed by atoms with Crippen LogP contribution in [0.15, 0.2) is 0 Å². The molecule has 0 spiro atoms. The molecule has 3 heteroatoms. The maximum atomic E-state index is 5.64. The first-order valence-electron chi connectivity index (χ1n) is 6.07. The number of rotatable bonds is 4. The fraction of sp³-hybridized carbons (Fsp3) is 1.00. The predicted molar refractivity (Wildman–Crippen MR) is 63.3 cm³/mol. The van der Waals surface area contributed by atoms with Crippen molar-refractivity contribution in [1.29, 1.82) is 0 Å². The third-order valence-electron chi connectivity index (χ3n) is 3.79. The Balaban J connectivity index is 2.58. The van der Waals surface area contributed by atoms with Crippen molar-refractivity contribution in [2.75, 3.05) is 7.11 Å². The van der Waals surface area contributed by atoms with Crippen LogP contribution in [0.5, 0.6) is 0 Å². The van der Waals surface area contributed by atoms with E-state index in [4.69, 9.17) is 10.6 Å². The van der Waals surface area contributed by atoms with Crippen LogP contribution in [0.4, 0.5) is 0 Å². The average Bonchev–Trinajstić information content (AvgIpc) is 2.17. The van der Waals surface area contributed by atoms with Gasteiger partial charge in [0.2, 0.25) is 0 Å². The number of methoxy groups -OCH3 is 1. The molecule has 15 heavy (non-hydrogen) atoms. The van der Waals surface area contributed by atoms with Crippen LogP contribution in [0, 0.1) is 17.8 Å². The lowest BCUT2D eigenvalue weighted by atomic mass is 9.73. The molecule has 0 aromatic rings. The summed E-state index contributed by atoms with van der Waals surface area (Å²) in [6.07, 6.45) is 4.09. The van der Waals surface area contributed by atoms with Gasteiger partial charge in [-0.2, -0.15) is 0 Å². The fourth-order valence-corrected chi connectivity index (χ4v) is 3.10. The molecular weight excluding hydrogens is 188 g/mol. The molecule has 1 aliphatic rings. The van der Waals surface area contributed by atoms with Crippen LogP contribution in [0.25, 0.3) is 0 Å². The van der Waals surface area contributed by atoms with Crippen LogP contribution in [-0.4, -0.2) is 19.3 Å². The lowest BCUT2D eigenvalue weighted by molar-refractivity contribution is 0.0399. The van der Waals surface area contributed by atoms with E-state index in [0.29, 0.717) is 12.0 Å². The molecule has 1 aliphatic carbocycles. The second-order valence-electron chi connectivity index (χ2n) is 5.31. The number of ether oxygens (including phenoxy) is 1. The number of hydrogen-bond donors (Lipinski definition) is 2. The van der Waals surface area contributed by atoms with E-state index in [9.17, 15) is 0 Å². The molecule has 90 valence electrons. The van der Waals surface area contributed by atoms with Crippen molar-refractivity contribution in [3.63, 3.8) is 0 Å². The van der Waals surface area contributed by atoms with E-state index in [-0.39, 0.29) is 6.10 Å². The van der Waals surface area contributed by atoms with Gasteiger partial charge in [0.25, 0.3) is 0 Å². The minimum atomic E-state index is 0.192. The van der Waals surface area contributed by atoms with E-state index < -0.39 is 0 Å². The average molecular weight is 214 g/mol. The van der Waals surface area contributed by atoms with Gasteiger partial charge in [0.05, 0.1) is 6.10 Å². The molecule has 0 amide bonds. The van der Waals surface area contributed by atoms with Gasteiger partial charge in [-0.25, -0.2) is 0 Å². The topological polar surface area (TPSA) is 47.3 Å². The Morgan fingerprint density at radius 2 is 1.73 bits per heavy atom. The standard InChI is InChI=1S/C12H26N2O/c1-8-5-9(2)7-11(6-8)12(14-13)10(3)15-4/h8-12,14H,5-7,13H2,1-4H3. The summed E-state index contributed by atoms with van der Waals surface area (Å²) >= 11 is 0. The smallest absolute Gasteiger partial charge is 0.0712 e. The van der Waals surface area contributed by atoms with Gasteiger partial charge in [-0.15, -0.1) is 0 Å². The summed E-state index contributed by atoms with van der Waals surface area (Å²) in [5.41, 5.74) is 2.94. The van der Waals surface area contributed by atoms with E-state index in [0.717, 1.165) is 11.8 Å². The zero-order chi connectivity index (χ0) is 11.4. The highest BCUT2D eigenvalue weighted by Crippen LogP contribution is 2.35. The maximum Gasteiger partial charge on any atom is 0.0712 e. The van der Waals surface area contributed by atoms with Gasteiger partial charge in [0.15, 0.2) is 0 Å². The van der Waals surface area contributed by atoms with Crippen LogP contribution >= 0.6 is 0 Å². The van der Waals surface area contributed by atoms with Gasteiger partial charge in [-0.05, 0) is 43.9 Å². The molecule has 1 rings (SSSR count). The summed E-state index contributed by atoms with van der Waals surface area (Å²) in [6.45, 7) is 6.77. The molecule has 4 unspecified atom stereocenters. The van der Waals surface area contributed by atoms with Gasteiger partial charge >= 0.3 is 0 Å². The Labute approximate surface area is 93.7 Å². The number of hydrazine groups is 1. The zero-order valence-electron chi connectivity index (χ0n) is 10.5. The summed E-state index contributed by atoms with van der Waals surface area (Å²) in [6, 6.07) is 0.292. The summed E-state index contributed by atoms with van der Waals surface area (Å²) < 4.78 is 5.38. The Hall–Kier alpha value is -0.120. The second-order valence-corrected chi connectivity index (χ2v) is 5.31. The molecule has 0 radical (unpaired) electrons. The molecule has 3 nitrogen and oxygen atoms in total. The summed E-state index contributed by atoms with van der Waals surface area (Å²) in [5.74, 6) is 7.93. The molecule has 1 saturated carbocycles. The third kappa shape index (κ3) is 3.44. The summed E-state index contributed by atoms with van der Waals surface area (Å²) in [5, 5.41) is 0. The second kappa shape index (κ2) is 5.83. The lowest BCUT2D eigenvalue weighted by Crippen LogP contribution is -2.50. The van der Waals surface area contributed by atoms with Gasteiger partial charge in [-0.3, -0.25) is 11.3 Å². The first-order valence-corrected chi connectivity index (χ1v) is 6.07. The maximum absolute atomic E-state index is 5.64. The highest BCUT2D eigenvalue weighted by molar-refractivity contribution is 4.86. The Morgan fingerprint density at radius 1 is 1.20 bits per heavy atom. The SMILES string of the molecule is COC(C)C(NN)C1CC(C)CC(C)C1. The normalized spacial score (nSPS) is 36.2. The minimum Gasteiger partial charge on any atom is -0.380 e. The Kier molecular flexibility index (Phi) is 5.03. The molecular formula is C12H26N2O. The fourth-order valence-electron chi connectivity index (χ4n) is 3.10. The van der Waals surface area contributed by atoms with E-state index in [1.807, 2.05) is 0 Å². The van der Waals surface area contributed by atoms with Gasteiger partial charge in [0, 0.05) is 13.2 Å². The van der Waals surface area contributed by atoms with Crippen molar-refractivity contribution >= 4 is 0 Å². The summed E-state index contributed by atoms with van der Waals surface area (Å²) in [7, 11) is 1.75. The van der Waals surface area contributed by atoms with Gasteiger partial charge in [-0.1, -0.05) is 13.8 Å². The van der Waals surface area contributed by atoms with Crippen LogP contribution < -0.4 is 11.3 Å². The molecule has 0 aromatic heterocycles. The van der Waals surface area contributed by atoms with E-state index in [1.165, 1.54) is 19.3 Å². The minimum absolute atomic E-state index is 0.192. The molecule has 1 fully saturated rings. The van der Waals surface area contributed by atoms with Gasteiger partial charge in [0.1, 0.15) is 0 Å². The van der Waals surface area contributed by atoms with E-state index in [2.05, 4.69) is 26.2 Å². The number of nitrogens with two attached hydrogens (primary N) is 1. The van der Waals surface area contributed by atoms with E-state index >= 15 is 0 Å². The largest absolute Gasteiger partial charge is 0.380 e. The predicted octanol–water partition coefficient (Wildman–Crippen LogP) is 1.93. The van der Waals surface area contributed by atoms with Crippen molar-refractivity contribution in [1.82, 2.24) is 5.43 Å². The zero-order valence-corrected chi connectivity index (χ0v) is 10.5. The van der Waals surface area contributed by atoms with Crippen molar-refractivity contribution in [3.8, 4) is 0 Å². The van der Waals surface area contributed by atoms with Crippen LogP contribution in [0.1, 0.15) is 40.0 Å². The Morgan fingerprint density at radius 3 is 2.13 bits per heavy atom. The quantitative estimate of drug-likeness (QED) is 0.555. The van der Waals surface area contributed by atoms with Gasteiger partial charge < -0.3 is 4.74 Å². The molecule has 4 atom stereocenters. The van der Waals surface area contributed by atoms with Crippen molar-refractivity contribution < 1.29 is 4.74 Å². The first kappa shape index (κ1) is 12.9. The lowest BCUT2D eigenvalue weighted by Gasteiger charge is -2.38. The third-order valence-corrected chi connectivity index (χ3v) is 3.79. The van der Waals surface area contributed by atoms with Crippen LogP contribution in [0.3, 0.4) is 0 Å². The first-order chi connectivity index (χ1) is 7.08. The molecule has 0 bridgehead atoms. The number of hydrogen-bond acceptors (Lipinski definition) is 3. The highest BCUT2D eigenvalue weighted by Gasteiger charge is 2.32. The van der Waals surface area contributed by atoms with Crippen molar-refractivity contribution in [2.24, 2.45) is 23.6 Å². The van der Waals surface area contributed by atoms with Crippen LogP contribution in [-0.2, 0) is 4.74 Å². The van der Waals surface area contributed by atoms with Crippen molar-refractivity contribution in [3.05, 3.63) is 0 Å².